The molecule has 1 aliphatic rings. The van der Waals surface area contributed by atoms with Gasteiger partial charge in [0.15, 0.2) is 5.82 Å². The topological polar surface area (TPSA) is 62.5 Å². The highest BCUT2D eigenvalue weighted by atomic mass is 35.5. The van der Waals surface area contributed by atoms with Crippen LogP contribution in [0, 0.1) is 27.8 Å². The van der Waals surface area contributed by atoms with Gasteiger partial charge in [0.25, 0.3) is 0 Å². The summed E-state index contributed by atoms with van der Waals surface area (Å²) in [5.41, 5.74) is 0.761. The molecule has 6 nitrogen and oxygen atoms in total. The molecule has 1 aliphatic heterocycles. The third-order valence-electron chi connectivity index (χ3n) is 4.22. The Bertz CT molecular complexity index is 946. The van der Waals surface area contributed by atoms with Crippen molar-refractivity contribution in [2.24, 2.45) is 0 Å². The SMILES string of the molecule is C=C(C#Cc1cccc(Cl)c1F)N1CCN(c2ncccc2[N+](=O)[O-])CC1. The molecule has 0 aliphatic carbocycles. The minimum Gasteiger partial charge on any atom is -0.362 e. The fraction of sp³-hybridized carbons (Fsp3) is 0.211. The van der Waals surface area contributed by atoms with Crippen molar-refractivity contribution in [2.75, 3.05) is 31.1 Å². The summed E-state index contributed by atoms with van der Waals surface area (Å²) in [7, 11) is 0. The summed E-state index contributed by atoms with van der Waals surface area (Å²) in [5.74, 6) is 5.42. The molecule has 0 spiro atoms. The van der Waals surface area contributed by atoms with Gasteiger partial charge in [0.05, 0.1) is 21.2 Å². The smallest absolute Gasteiger partial charge is 0.311 e. The molecular formula is C19H16ClFN4O2. The second kappa shape index (κ2) is 8.06. The van der Waals surface area contributed by atoms with Crippen LogP contribution in [-0.2, 0) is 0 Å². The van der Waals surface area contributed by atoms with E-state index in [4.69, 9.17) is 11.6 Å². The van der Waals surface area contributed by atoms with Crippen molar-refractivity contribution in [2.45, 2.75) is 0 Å². The number of hydrogen-bond acceptors (Lipinski definition) is 5. The van der Waals surface area contributed by atoms with Crippen molar-refractivity contribution in [1.29, 1.82) is 0 Å². The average molecular weight is 387 g/mol. The number of anilines is 1. The molecular weight excluding hydrogens is 371 g/mol. The van der Waals surface area contributed by atoms with Crippen LogP contribution in [0.25, 0.3) is 0 Å². The number of aromatic nitrogens is 1. The molecule has 3 rings (SSSR count). The second-order valence-electron chi connectivity index (χ2n) is 5.88. The van der Waals surface area contributed by atoms with E-state index in [9.17, 15) is 14.5 Å². The van der Waals surface area contributed by atoms with Crippen LogP contribution >= 0.6 is 11.6 Å². The third-order valence-corrected chi connectivity index (χ3v) is 4.51. The van der Waals surface area contributed by atoms with Gasteiger partial charge in [-0.25, -0.2) is 9.37 Å². The average Bonchev–Trinajstić information content (AvgIpc) is 2.69. The van der Waals surface area contributed by atoms with Gasteiger partial charge in [-0.3, -0.25) is 10.1 Å². The van der Waals surface area contributed by atoms with Crippen LogP contribution in [0.2, 0.25) is 5.02 Å². The predicted octanol–water partition coefficient (Wildman–Crippen LogP) is 3.47. The Hall–Kier alpha value is -3.11. The van der Waals surface area contributed by atoms with E-state index in [-0.39, 0.29) is 16.3 Å². The van der Waals surface area contributed by atoms with Gasteiger partial charge in [0.2, 0.25) is 5.82 Å². The summed E-state index contributed by atoms with van der Waals surface area (Å²) in [5, 5.41) is 11.2. The van der Waals surface area contributed by atoms with Crippen molar-refractivity contribution in [3.63, 3.8) is 0 Å². The zero-order valence-electron chi connectivity index (χ0n) is 14.4. The van der Waals surface area contributed by atoms with Crippen LogP contribution in [-0.4, -0.2) is 41.0 Å². The van der Waals surface area contributed by atoms with E-state index in [1.54, 1.807) is 24.4 Å². The molecule has 0 radical (unpaired) electrons. The maximum atomic E-state index is 13.9. The van der Waals surface area contributed by atoms with Crippen molar-refractivity contribution in [3.05, 3.63) is 75.3 Å². The monoisotopic (exact) mass is 386 g/mol. The van der Waals surface area contributed by atoms with Crippen LogP contribution in [0.4, 0.5) is 15.9 Å². The minimum atomic E-state index is -0.549. The summed E-state index contributed by atoms with van der Waals surface area (Å²) in [6, 6.07) is 7.65. The normalized spacial score (nSPS) is 13.7. The van der Waals surface area contributed by atoms with Gasteiger partial charge in [-0.2, -0.15) is 0 Å². The van der Waals surface area contributed by atoms with E-state index < -0.39 is 10.7 Å². The Morgan fingerprint density at radius 1 is 1.26 bits per heavy atom. The number of halogens is 2. The largest absolute Gasteiger partial charge is 0.362 e. The Kier molecular flexibility index (Phi) is 5.57. The lowest BCUT2D eigenvalue weighted by Crippen LogP contribution is -2.46. The Balaban J connectivity index is 1.66. The number of allylic oxidation sites excluding steroid dienone is 1. The van der Waals surface area contributed by atoms with Crippen LogP contribution < -0.4 is 4.90 Å². The van der Waals surface area contributed by atoms with E-state index >= 15 is 0 Å². The molecule has 2 heterocycles. The molecule has 1 aromatic carbocycles. The van der Waals surface area contributed by atoms with Crippen LogP contribution in [0.15, 0.2) is 48.8 Å². The van der Waals surface area contributed by atoms with Gasteiger partial charge in [-0.1, -0.05) is 30.2 Å². The Morgan fingerprint density at radius 2 is 2.00 bits per heavy atom. The third kappa shape index (κ3) is 4.18. The Morgan fingerprint density at radius 3 is 2.70 bits per heavy atom. The fourth-order valence-electron chi connectivity index (χ4n) is 2.78. The lowest BCUT2D eigenvalue weighted by molar-refractivity contribution is -0.384. The van der Waals surface area contributed by atoms with Gasteiger partial charge in [-0.15, -0.1) is 0 Å². The number of rotatable bonds is 3. The number of benzene rings is 1. The predicted molar refractivity (Wildman–Crippen MR) is 102 cm³/mol. The van der Waals surface area contributed by atoms with Crippen LogP contribution in [0.5, 0.6) is 0 Å². The summed E-state index contributed by atoms with van der Waals surface area (Å²) in [6.07, 6.45) is 1.54. The highest BCUT2D eigenvalue weighted by molar-refractivity contribution is 6.30. The van der Waals surface area contributed by atoms with E-state index in [1.807, 2.05) is 9.80 Å². The molecule has 138 valence electrons. The lowest BCUT2D eigenvalue weighted by Gasteiger charge is -2.35. The van der Waals surface area contributed by atoms with E-state index in [0.717, 1.165) is 0 Å². The molecule has 1 aromatic heterocycles. The lowest BCUT2D eigenvalue weighted by atomic mass is 10.2. The number of nitrogens with zero attached hydrogens (tertiary/aromatic N) is 4. The summed E-state index contributed by atoms with van der Waals surface area (Å²) in [4.78, 5) is 18.7. The number of piperazine rings is 1. The van der Waals surface area contributed by atoms with Gasteiger partial charge < -0.3 is 9.80 Å². The maximum Gasteiger partial charge on any atom is 0.311 e. The second-order valence-corrected chi connectivity index (χ2v) is 6.28. The molecule has 0 N–H and O–H groups in total. The van der Waals surface area contributed by atoms with Gasteiger partial charge in [0.1, 0.15) is 0 Å². The first-order valence-electron chi connectivity index (χ1n) is 8.21. The molecule has 2 aromatic rings. The summed E-state index contributed by atoms with van der Waals surface area (Å²) in [6.45, 7) is 6.20. The van der Waals surface area contributed by atoms with Gasteiger partial charge in [0, 0.05) is 38.4 Å². The highest BCUT2D eigenvalue weighted by Gasteiger charge is 2.24. The van der Waals surface area contributed by atoms with Gasteiger partial charge >= 0.3 is 5.69 Å². The molecule has 1 saturated heterocycles. The Labute approximate surface area is 161 Å². The first kappa shape index (κ1) is 18.7. The zero-order valence-corrected chi connectivity index (χ0v) is 15.1. The minimum absolute atomic E-state index is 0.0130. The van der Waals surface area contributed by atoms with E-state index in [0.29, 0.717) is 37.7 Å². The zero-order chi connectivity index (χ0) is 19.4. The first-order chi connectivity index (χ1) is 13.0. The number of hydrogen-bond donors (Lipinski definition) is 0. The molecule has 0 atom stereocenters. The molecule has 0 unspecified atom stereocenters. The fourth-order valence-corrected chi connectivity index (χ4v) is 2.96. The molecule has 8 heteroatoms. The van der Waals surface area contributed by atoms with Crippen LogP contribution in [0.3, 0.4) is 0 Å². The molecule has 27 heavy (non-hydrogen) atoms. The number of nitro groups is 1. The van der Waals surface area contributed by atoms with Crippen molar-refractivity contribution >= 4 is 23.1 Å². The number of pyridine rings is 1. The molecule has 0 amide bonds. The molecule has 1 fully saturated rings. The first-order valence-corrected chi connectivity index (χ1v) is 8.59. The molecule has 0 saturated carbocycles. The van der Waals surface area contributed by atoms with Crippen LogP contribution in [0.1, 0.15) is 5.56 Å². The van der Waals surface area contributed by atoms with E-state index in [1.165, 1.54) is 12.1 Å². The standard InChI is InChI=1S/C19H16ClFN4O2/c1-14(7-8-15-4-2-5-16(20)18(15)21)23-10-12-24(13-11-23)19-17(25(26)27)6-3-9-22-19/h2-6,9H,1,10-13H2. The quantitative estimate of drug-likeness (QED) is 0.459. The maximum absolute atomic E-state index is 13.9. The summed E-state index contributed by atoms with van der Waals surface area (Å²) >= 11 is 5.75. The van der Waals surface area contributed by atoms with E-state index in [2.05, 4.69) is 23.4 Å². The van der Waals surface area contributed by atoms with Crippen molar-refractivity contribution in [1.82, 2.24) is 9.88 Å². The van der Waals surface area contributed by atoms with Crippen molar-refractivity contribution < 1.29 is 9.31 Å². The molecule has 0 bridgehead atoms. The highest BCUT2D eigenvalue weighted by Crippen LogP contribution is 2.26. The van der Waals surface area contributed by atoms with Gasteiger partial charge in [-0.05, 0) is 24.1 Å². The summed E-state index contributed by atoms with van der Waals surface area (Å²) < 4.78 is 13.9. The van der Waals surface area contributed by atoms with Crippen molar-refractivity contribution in [3.8, 4) is 11.8 Å².